The van der Waals surface area contributed by atoms with Crippen LogP contribution in [0.3, 0.4) is 0 Å². The van der Waals surface area contributed by atoms with Gasteiger partial charge in [-0.15, -0.1) is 0 Å². The molecule has 50 heavy (non-hydrogen) atoms. The van der Waals surface area contributed by atoms with Crippen LogP contribution >= 0.6 is 0 Å². The molecule has 276 valence electrons. The van der Waals surface area contributed by atoms with Crippen LogP contribution in [-0.2, 0) is 22.6 Å². The van der Waals surface area contributed by atoms with E-state index in [9.17, 15) is 19.2 Å². The highest BCUT2D eigenvalue weighted by Crippen LogP contribution is 2.49. The minimum absolute atomic E-state index is 0.0572. The van der Waals surface area contributed by atoms with Crippen molar-refractivity contribution in [1.29, 1.82) is 0 Å². The Hall–Kier alpha value is -4.08. The lowest BCUT2D eigenvalue weighted by molar-refractivity contribution is -0.132. The highest BCUT2D eigenvalue weighted by atomic mass is 16.2. The van der Waals surface area contributed by atoms with E-state index in [4.69, 9.17) is 0 Å². The molecule has 0 spiro atoms. The number of aryl methyl sites for hydroxylation is 1. The highest BCUT2D eigenvalue weighted by molar-refractivity contribution is 5.77. The van der Waals surface area contributed by atoms with Crippen molar-refractivity contribution in [3.63, 3.8) is 0 Å². The number of amides is 6. The van der Waals surface area contributed by atoms with Gasteiger partial charge in [-0.1, -0.05) is 81.4 Å². The molecular formula is C40H62N6O4. The molecule has 10 nitrogen and oxygen atoms in total. The third kappa shape index (κ3) is 14.0. The summed E-state index contributed by atoms with van der Waals surface area (Å²) >= 11 is 0. The minimum Gasteiger partial charge on any atom is -0.346 e. The minimum atomic E-state index is -0.137. The van der Waals surface area contributed by atoms with Gasteiger partial charge in [-0.2, -0.15) is 0 Å². The summed E-state index contributed by atoms with van der Waals surface area (Å²) < 4.78 is 0. The van der Waals surface area contributed by atoms with Gasteiger partial charge in [-0.3, -0.25) is 9.59 Å². The lowest BCUT2D eigenvalue weighted by atomic mass is 9.60. The van der Waals surface area contributed by atoms with Crippen molar-refractivity contribution in [1.82, 2.24) is 30.2 Å². The van der Waals surface area contributed by atoms with Gasteiger partial charge >= 0.3 is 12.1 Å². The number of nitrogens with one attached hydrogen (secondary N) is 2. The Morgan fingerprint density at radius 1 is 0.660 bits per heavy atom. The van der Waals surface area contributed by atoms with E-state index in [0.29, 0.717) is 58.5 Å². The van der Waals surface area contributed by atoms with Gasteiger partial charge in [-0.05, 0) is 66.4 Å². The van der Waals surface area contributed by atoms with Gasteiger partial charge in [0.05, 0.1) is 0 Å². The van der Waals surface area contributed by atoms with E-state index in [0.717, 1.165) is 43.2 Å². The number of hydrogen-bond donors (Lipinski definition) is 2. The van der Waals surface area contributed by atoms with Crippen LogP contribution in [-0.4, -0.2) is 104 Å². The molecule has 1 aliphatic carbocycles. The molecule has 10 heteroatoms. The first-order chi connectivity index (χ1) is 23.7. The predicted molar refractivity (Wildman–Crippen MR) is 200 cm³/mol. The molecular weight excluding hydrogens is 628 g/mol. The molecule has 0 bridgehead atoms. The maximum Gasteiger partial charge on any atom is 0.317 e. The largest absolute Gasteiger partial charge is 0.346 e. The van der Waals surface area contributed by atoms with Gasteiger partial charge < -0.3 is 30.2 Å². The maximum atomic E-state index is 13.3. The number of nitrogens with zero attached hydrogens (tertiary/aromatic N) is 4. The molecule has 0 heterocycles. The van der Waals surface area contributed by atoms with E-state index in [1.807, 2.05) is 79.7 Å². The summed E-state index contributed by atoms with van der Waals surface area (Å²) in [5.41, 5.74) is 2.14. The van der Waals surface area contributed by atoms with E-state index in [1.165, 1.54) is 0 Å². The third-order valence-corrected chi connectivity index (χ3v) is 9.93. The van der Waals surface area contributed by atoms with Crippen LogP contribution in [0.1, 0.15) is 76.8 Å². The van der Waals surface area contributed by atoms with Crippen LogP contribution in [0.4, 0.5) is 9.59 Å². The Morgan fingerprint density at radius 2 is 1.16 bits per heavy atom. The number of benzene rings is 2. The predicted octanol–water partition coefficient (Wildman–Crippen LogP) is 6.02. The zero-order valence-electron chi connectivity index (χ0n) is 31.7. The fraction of sp³-hybridized carbons (Fsp3) is 0.600. The van der Waals surface area contributed by atoms with Crippen LogP contribution in [0.2, 0.25) is 0 Å². The summed E-state index contributed by atoms with van der Waals surface area (Å²) in [5.74, 6) is 0.492. The molecule has 2 aromatic carbocycles. The van der Waals surface area contributed by atoms with Crippen LogP contribution in [0.5, 0.6) is 0 Å². The highest BCUT2D eigenvalue weighted by Gasteiger charge is 2.42. The molecule has 1 aliphatic rings. The second kappa shape index (κ2) is 19.3. The van der Waals surface area contributed by atoms with Gasteiger partial charge in [0.1, 0.15) is 0 Å². The van der Waals surface area contributed by atoms with Crippen molar-refractivity contribution in [3.8, 4) is 0 Å². The Bertz CT molecular complexity index is 1370. The molecule has 1 saturated carbocycles. The topological polar surface area (TPSA) is 105 Å². The third-order valence-electron chi connectivity index (χ3n) is 9.93. The average molecular weight is 691 g/mol. The molecule has 6 amide bonds. The summed E-state index contributed by atoms with van der Waals surface area (Å²) in [7, 11) is 7.25. The number of hydrogen-bond acceptors (Lipinski definition) is 4. The van der Waals surface area contributed by atoms with Crippen molar-refractivity contribution < 1.29 is 19.2 Å². The monoisotopic (exact) mass is 690 g/mol. The average Bonchev–Trinajstić information content (AvgIpc) is 3.08. The Kier molecular flexibility index (Phi) is 15.6. The van der Waals surface area contributed by atoms with Crippen LogP contribution in [0.15, 0.2) is 60.7 Å². The zero-order chi connectivity index (χ0) is 36.7. The number of carbonyl (C=O) groups excluding carboxylic acids is 4. The normalized spacial score (nSPS) is 18.1. The fourth-order valence-corrected chi connectivity index (χ4v) is 7.49. The Morgan fingerprint density at radius 3 is 1.74 bits per heavy atom. The van der Waals surface area contributed by atoms with Crippen molar-refractivity contribution >= 4 is 23.9 Å². The molecule has 2 unspecified atom stereocenters. The molecule has 3 rings (SSSR count). The quantitative estimate of drug-likeness (QED) is 0.212. The van der Waals surface area contributed by atoms with E-state index in [2.05, 4.69) is 31.4 Å². The van der Waals surface area contributed by atoms with E-state index < -0.39 is 0 Å². The first kappa shape index (κ1) is 40.4. The van der Waals surface area contributed by atoms with E-state index in [1.54, 1.807) is 28.8 Å². The number of urea groups is 2. The van der Waals surface area contributed by atoms with Crippen LogP contribution < -0.4 is 10.6 Å². The van der Waals surface area contributed by atoms with Crippen molar-refractivity contribution in [2.75, 3.05) is 60.9 Å². The molecule has 0 radical (unpaired) electrons. The smallest absolute Gasteiger partial charge is 0.317 e. The SMILES string of the molecule is CN(CCCN(C)C(=O)CC1CC(C)(C)CC(C)(CNC(=O)N(C)CCCN(C)C(=O)NCc2ccccc2)C1)C(=O)CCc1ccccc1. The maximum absolute atomic E-state index is 13.3. The van der Waals surface area contributed by atoms with Gasteiger partial charge in [0.15, 0.2) is 0 Å². The molecule has 0 aliphatic heterocycles. The molecule has 0 aromatic heterocycles. The fourth-order valence-electron chi connectivity index (χ4n) is 7.49. The van der Waals surface area contributed by atoms with Crippen LogP contribution in [0, 0.1) is 16.7 Å². The summed E-state index contributed by atoms with van der Waals surface area (Å²) in [6.45, 7) is 10.1. The van der Waals surface area contributed by atoms with E-state index in [-0.39, 0.29) is 40.6 Å². The van der Waals surface area contributed by atoms with Gasteiger partial charge in [0.25, 0.3) is 0 Å². The molecule has 1 fully saturated rings. The molecule has 0 saturated heterocycles. The molecule has 2 aromatic rings. The molecule has 2 N–H and O–H groups in total. The molecule has 2 atom stereocenters. The van der Waals surface area contributed by atoms with Gasteiger partial charge in [0.2, 0.25) is 11.8 Å². The summed E-state index contributed by atoms with van der Waals surface area (Å²) in [6, 6.07) is 19.6. The number of rotatable bonds is 17. The number of carbonyl (C=O) groups is 4. The van der Waals surface area contributed by atoms with Gasteiger partial charge in [-0.25, -0.2) is 9.59 Å². The second-order valence-electron chi connectivity index (χ2n) is 15.6. The lowest BCUT2D eigenvalue weighted by Crippen LogP contribution is -2.47. The Labute approximate surface area is 300 Å². The van der Waals surface area contributed by atoms with Gasteiger partial charge in [0, 0.05) is 80.3 Å². The van der Waals surface area contributed by atoms with Crippen LogP contribution in [0.25, 0.3) is 0 Å². The summed E-state index contributed by atoms with van der Waals surface area (Å²) in [6.07, 6.45) is 5.93. The van der Waals surface area contributed by atoms with E-state index >= 15 is 0 Å². The van der Waals surface area contributed by atoms with Crippen molar-refractivity contribution in [2.45, 2.75) is 78.7 Å². The standard InChI is InChI=1S/C40H62N6O4/c1-39(2)27-34(26-36(48)44(5)23-14-22-43(4)35(47)21-20-32-16-10-8-11-17-32)28-40(3,30-39)31-42-38(50)46(7)25-15-24-45(6)37(49)41-29-33-18-12-9-13-19-33/h8-13,16-19,34H,14-15,20-31H2,1-7H3,(H,41,49)(H,42,50). The first-order valence-corrected chi connectivity index (χ1v) is 18.2. The first-order valence-electron chi connectivity index (χ1n) is 18.2. The lowest BCUT2D eigenvalue weighted by Gasteiger charge is -2.47. The van der Waals surface area contributed by atoms with Crippen molar-refractivity contribution in [2.24, 2.45) is 16.7 Å². The second-order valence-corrected chi connectivity index (χ2v) is 15.6. The summed E-state index contributed by atoms with van der Waals surface area (Å²) in [4.78, 5) is 58.3. The zero-order valence-corrected chi connectivity index (χ0v) is 31.7. The Balaban J connectivity index is 1.36. The van der Waals surface area contributed by atoms with Crippen molar-refractivity contribution in [3.05, 3.63) is 71.8 Å². The summed E-state index contributed by atoms with van der Waals surface area (Å²) in [5, 5.41) is 6.09.